The average Bonchev–Trinajstić information content (AvgIpc) is 2.70. The van der Waals surface area contributed by atoms with Crippen molar-refractivity contribution in [2.45, 2.75) is 25.2 Å². The molecule has 0 N–H and O–H groups in total. The van der Waals surface area contributed by atoms with Crippen molar-refractivity contribution in [3.05, 3.63) is 16.1 Å². The van der Waals surface area contributed by atoms with Crippen LogP contribution in [0.25, 0.3) is 0 Å². The minimum atomic E-state index is 0.0885. The van der Waals surface area contributed by atoms with Gasteiger partial charge in [0, 0.05) is 4.88 Å². The molecule has 0 amide bonds. The molecule has 1 nitrogen and oxygen atoms in total. The van der Waals surface area contributed by atoms with Gasteiger partial charge in [-0.2, -0.15) is 0 Å². The summed E-state index contributed by atoms with van der Waals surface area (Å²) in [7, 11) is 0. The lowest BCUT2D eigenvalue weighted by atomic mass is 10.1. The van der Waals surface area contributed by atoms with Crippen molar-refractivity contribution >= 4 is 11.3 Å². The molecule has 56 valence electrons. The molecule has 1 saturated carbocycles. The van der Waals surface area contributed by atoms with E-state index in [4.69, 9.17) is 6.42 Å². The molecule has 2 heteroatoms. The number of nitrogens with zero attached hydrogens (tertiary/aromatic N) is 1. The van der Waals surface area contributed by atoms with Gasteiger partial charge in [0.05, 0.1) is 16.6 Å². The molecule has 11 heavy (non-hydrogen) atoms. The van der Waals surface area contributed by atoms with E-state index < -0.39 is 0 Å². The third-order valence-electron chi connectivity index (χ3n) is 2.21. The number of hydrogen-bond acceptors (Lipinski definition) is 2. The number of terminal acetylenes is 1. The van der Waals surface area contributed by atoms with Crippen LogP contribution in [0.15, 0.2) is 5.51 Å². The first-order valence-electron chi connectivity index (χ1n) is 3.67. The third-order valence-corrected chi connectivity index (χ3v) is 3.34. The zero-order valence-electron chi connectivity index (χ0n) is 6.42. The van der Waals surface area contributed by atoms with E-state index in [1.54, 1.807) is 11.3 Å². The highest BCUT2D eigenvalue weighted by Gasteiger charge is 2.44. The average molecular weight is 163 g/mol. The molecule has 0 saturated heterocycles. The van der Waals surface area contributed by atoms with Crippen molar-refractivity contribution < 1.29 is 0 Å². The normalized spacial score (nSPS) is 19.3. The fraction of sp³-hybridized carbons (Fsp3) is 0.444. The molecule has 2 rings (SSSR count). The molecule has 1 aliphatic carbocycles. The second-order valence-corrected chi connectivity index (χ2v) is 3.85. The molecule has 1 aliphatic rings. The number of rotatable bonds is 1. The lowest BCUT2D eigenvalue weighted by Crippen LogP contribution is -2.01. The van der Waals surface area contributed by atoms with E-state index in [0.29, 0.717) is 0 Å². The standard InChI is InChI=1S/C9H9NS/c1-3-9(4-5-9)8-7(2)10-6-11-8/h1,6H,4-5H2,2H3. The zero-order valence-corrected chi connectivity index (χ0v) is 7.24. The highest BCUT2D eigenvalue weighted by atomic mass is 32.1. The van der Waals surface area contributed by atoms with E-state index in [9.17, 15) is 0 Å². The van der Waals surface area contributed by atoms with Gasteiger partial charge in [-0.15, -0.1) is 17.8 Å². The van der Waals surface area contributed by atoms with E-state index in [-0.39, 0.29) is 5.41 Å². The first-order valence-corrected chi connectivity index (χ1v) is 4.55. The van der Waals surface area contributed by atoms with Crippen LogP contribution >= 0.6 is 11.3 Å². The van der Waals surface area contributed by atoms with E-state index >= 15 is 0 Å². The topological polar surface area (TPSA) is 12.9 Å². The zero-order chi connectivity index (χ0) is 7.90. The fourth-order valence-electron chi connectivity index (χ4n) is 1.32. The summed E-state index contributed by atoms with van der Waals surface area (Å²) >= 11 is 1.69. The number of hydrogen-bond donors (Lipinski definition) is 0. The predicted octanol–water partition coefficient (Wildman–Crippen LogP) is 2.12. The molecule has 1 fully saturated rings. The quantitative estimate of drug-likeness (QED) is 0.578. The van der Waals surface area contributed by atoms with Crippen molar-refractivity contribution in [1.29, 1.82) is 0 Å². The largest absolute Gasteiger partial charge is 0.250 e. The van der Waals surface area contributed by atoms with E-state index in [0.717, 1.165) is 18.5 Å². The Hall–Kier alpha value is -0.810. The first kappa shape index (κ1) is 6.87. The van der Waals surface area contributed by atoms with Crippen LogP contribution in [0, 0.1) is 19.3 Å². The van der Waals surface area contributed by atoms with Gasteiger partial charge in [-0.3, -0.25) is 0 Å². The Kier molecular flexibility index (Phi) is 1.30. The molecule has 0 aromatic carbocycles. The summed E-state index contributed by atoms with van der Waals surface area (Å²) in [6.07, 6.45) is 7.75. The molecular formula is C9H9NS. The van der Waals surface area contributed by atoms with Crippen molar-refractivity contribution in [3.63, 3.8) is 0 Å². The van der Waals surface area contributed by atoms with Gasteiger partial charge >= 0.3 is 0 Å². The SMILES string of the molecule is C#CC1(c2scnc2C)CC1. The van der Waals surface area contributed by atoms with Gasteiger partial charge < -0.3 is 0 Å². The van der Waals surface area contributed by atoms with Gasteiger partial charge in [0.1, 0.15) is 0 Å². The van der Waals surface area contributed by atoms with Crippen molar-refractivity contribution in [2.24, 2.45) is 0 Å². The third kappa shape index (κ3) is 0.883. The van der Waals surface area contributed by atoms with Gasteiger partial charge in [0.2, 0.25) is 0 Å². The summed E-state index contributed by atoms with van der Waals surface area (Å²) in [5, 5.41) is 0. The Balaban J connectivity index is 2.45. The maximum Gasteiger partial charge on any atom is 0.0798 e. The van der Waals surface area contributed by atoms with Crippen LogP contribution < -0.4 is 0 Å². The lowest BCUT2D eigenvalue weighted by molar-refractivity contribution is 0.936. The van der Waals surface area contributed by atoms with Crippen LogP contribution in [0.1, 0.15) is 23.4 Å². The van der Waals surface area contributed by atoms with Crippen LogP contribution in [0.3, 0.4) is 0 Å². The molecule has 0 radical (unpaired) electrons. The summed E-state index contributed by atoms with van der Waals surface area (Å²) in [5.41, 5.74) is 3.08. The Morgan fingerprint density at radius 1 is 1.73 bits per heavy atom. The van der Waals surface area contributed by atoms with Gasteiger partial charge in [0.15, 0.2) is 0 Å². The second-order valence-electron chi connectivity index (χ2n) is 2.99. The molecule has 0 spiro atoms. The smallest absolute Gasteiger partial charge is 0.0798 e. The number of thiazole rings is 1. The highest BCUT2D eigenvalue weighted by Crippen LogP contribution is 2.49. The highest BCUT2D eigenvalue weighted by molar-refractivity contribution is 7.10. The molecule has 1 aromatic heterocycles. The maximum atomic E-state index is 5.46. The summed E-state index contributed by atoms with van der Waals surface area (Å²) in [6.45, 7) is 2.03. The van der Waals surface area contributed by atoms with Crippen LogP contribution in [0.2, 0.25) is 0 Å². The van der Waals surface area contributed by atoms with Crippen LogP contribution in [-0.2, 0) is 5.41 Å². The number of aryl methyl sites for hydroxylation is 1. The minimum absolute atomic E-state index is 0.0885. The molecule has 0 aliphatic heterocycles. The minimum Gasteiger partial charge on any atom is -0.250 e. The van der Waals surface area contributed by atoms with Gasteiger partial charge in [0.25, 0.3) is 0 Å². The summed E-state index contributed by atoms with van der Waals surface area (Å²) in [4.78, 5) is 5.50. The molecule has 1 aromatic rings. The Morgan fingerprint density at radius 3 is 2.82 bits per heavy atom. The van der Waals surface area contributed by atoms with Crippen LogP contribution in [0.5, 0.6) is 0 Å². The van der Waals surface area contributed by atoms with Gasteiger partial charge in [-0.1, -0.05) is 5.92 Å². The Bertz CT molecular complexity index is 315. The molecule has 0 atom stereocenters. The fourth-order valence-corrected chi connectivity index (χ4v) is 2.35. The first-order chi connectivity index (χ1) is 5.28. The Morgan fingerprint density at radius 2 is 2.45 bits per heavy atom. The van der Waals surface area contributed by atoms with Crippen molar-refractivity contribution in [2.75, 3.05) is 0 Å². The van der Waals surface area contributed by atoms with Gasteiger partial charge in [-0.05, 0) is 19.8 Å². The number of aromatic nitrogens is 1. The molecular weight excluding hydrogens is 154 g/mol. The maximum absolute atomic E-state index is 5.46. The van der Waals surface area contributed by atoms with Crippen LogP contribution in [0.4, 0.5) is 0 Å². The molecule has 0 unspecified atom stereocenters. The molecule has 0 bridgehead atoms. The van der Waals surface area contributed by atoms with Crippen LogP contribution in [-0.4, -0.2) is 4.98 Å². The Labute approximate surface area is 70.5 Å². The van der Waals surface area contributed by atoms with E-state index in [1.807, 2.05) is 12.4 Å². The van der Waals surface area contributed by atoms with E-state index in [1.165, 1.54) is 4.88 Å². The summed E-state index contributed by atoms with van der Waals surface area (Å²) in [5.74, 6) is 2.87. The predicted molar refractivity (Wildman–Crippen MR) is 46.6 cm³/mol. The monoisotopic (exact) mass is 163 g/mol. The second kappa shape index (κ2) is 2.09. The lowest BCUT2D eigenvalue weighted by Gasteiger charge is -2.03. The summed E-state index contributed by atoms with van der Waals surface area (Å²) < 4.78 is 0. The van der Waals surface area contributed by atoms with E-state index in [2.05, 4.69) is 10.9 Å². The van der Waals surface area contributed by atoms with Crippen molar-refractivity contribution in [1.82, 2.24) is 4.98 Å². The summed E-state index contributed by atoms with van der Waals surface area (Å²) in [6, 6.07) is 0. The van der Waals surface area contributed by atoms with Gasteiger partial charge in [-0.25, -0.2) is 4.98 Å². The van der Waals surface area contributed by atoms with Crippen molar-refractivity contribution in [3.8, 4) is 12.3 Å². The molecule has 1 heterocycles.